The van der Waals surface area contributed by atoms with Crippen LogP contribution < -0.4 is 5.32 Å². The fourth-order valence-corrected chi connectivity index (χ4v) is 3.12. The molecule has 2 N–H and O–H groups in total. The summed E-state index contributed by atoms with van der Waals surface area (Å²) in [5.41, 5.74) is 1.54. The van der Waals surface area contributed by atoms with Crippen LogP contribution in [-0.2, 0) is 17.8 Å². The van der Waals surface area contributed by atoms with E-state index in [1.54, 1.807) is 9.58 Å². The van der Waals surface area contributed by atoms with Crippen LogP contribution in [0.5, 0.6) is 0 Å². The van der Waals surface area contributed by atoms with Crippen LogP contribution in [0.25, 0.3) is 0 Å². The van der Waals surface area contributed by atoms with Gasteiger partial charge in [-0.2, -0.15) is 5.10 Å². The third-order valence-corrected chi connectivity index (χ3v) is 4.19. The molecule has 7 nitrogen and oxygen atoms in total. The van der Waals surface area contributed by atoms with Crippen molar-refractivity contribution in [2.45, 2.75) is 40.2 Å². The van der Waals surface area contributed by atoms with Gasteiger partial charge in [-0.15, -0.1) is 0 Å². The summed E-state index contributed by atoms with van der Waals surface area (Å²) in [4.78, 5) is 25.7. The molecule has 0 spiro atoms. The molecule has 1 aromatic rings. The summed E-state index contributed by atoms with van der Waals surface area (Å²) >= 11 is 0. The fraction of sp³-hybridized carbons (Fsp3) is 0.706. The lowest BCUT2D eigenvalue weighted by molar-refractivity contribution is -0.138. The van der Waals surface area contributed by atoms with Crippen molar-refractivity contribution in [3.63, 3.8) is 0 Å². The first-order valence-electron chi connectivity index (χ1n) is 8.69. The smallest absolute Gasteiger partial charge is 0.303 e. The molecule has 1 aliphatic rings. The van der Waals surface area contributed by atoms with Crippen LogP contribution in [0.3, 0.4) is 0 Å². The Morgan fingerprint density at radius 1 is 1.46 bits per heavy atom. The predicted octanol–water partition coefficient (Wildman–Crippen LogP) is 1.24. The van der Waals surface area contributed by atoms with E-state index in [0.29, 0.717) is 44.3 Å². The average Bonchev–Trinajstić information content (AvgIpc) is 2.75. The van der Waals surface area contributed by atoms with E-state index in [1.807, 2.05) is 13.0 Å². The van der Waals surface area contributed by atoms with Gasteiger partial charge in [-0.3, -0.25) is 14.3 Å². The van der Waals surface area contributed by atoms with E-state index in [-0.39, 0.29) is 18.2 Å². The van der Waals surface area contributed by atoms with Gasteiger partial charge in [0.05, 0.1) is 12.1 Å². The first-order valence-corrected chi connectivity index (χ1v) is 8.69. The maximum Gasteiger partial charge on any atom is 0.303 e. The minimum absolute atomic E-state index is 0.0570. The van der Waals surface area contributed by atoms with E-state index < -0.39 is 5.97 Å². The fourth-order valence-electron chi connectivity index (χ4n) is 3.12. The van der Waals surface area contributed by atoms with Crippen molar-refractivity contribution in [1.29, 1.82) is 0 Å². The monoisotopic (exact) mass is 336 g/mol. The molecule has 134 valence electrons. The summed E-state index contributed by atoms with van der Waals surface area (Å²) in [6.07, 6.45) is 0.916. The number of hydrogen-bond acceptors (Lipinski definition) is 4. The van der Waals surface area contributed by atoms with Crippen LogP contribution in [0, 0.1) is 11.8 Å². The van der Waals surface area contributed by atoms with E-state index in [1.165, 1.54) is 0 Å². The zero-order valence-corrected chi connectivity index (χ0v) is 14.8. The minimum atomic E-state index is -0.825. The SMILES string of the molecule is CCn1nc(CC(C)C)cc1C(=O)N1CCNC[C@H](CC(=O)O)C1. The van der Waals surface area contributed by atoms with E-state index in [4.69, 9.17) is 5.11 Å². The van der Waals surface area contributed by atoms with Crippen molar-refractivity contribution in [3.05, 3.63) is 17.5 Å². The summed E-state index contributed by atoms with van der Waals surface area (Å²) in [6.45, 7) is 9.23. The summed E-state index contributed by atoms with van der Waals surface area (Å²) in [7, 11) is 0. The predicted molar refractivity (Wildman–Crippen MR) is 91.0 cm³/mol. The number of carbonyl (C=O) groups excluding carboxylic acids is 1. The second-order valence-corrected chi connectivity index (χ2v) is 6.85. The number of aryl methyl sites for hydroxylation is 1. The molecule has 1 atom stereocenters. The van der Waals surface area contributed by atoms with Crippen molar-refractivity contribution >= 4 is 11.9 Å². The zero-order valence-electron chi connectivity index (χ0n) is 14.8. The third kappa shape index (κ3) is 4.80. The maximum atomic E-state index is 13.0. The number of nitrogens with one attached hydrogen (secondary N) is 1. The van der Waals surface area contributed by atoms with Crippen LogP contribution >= 0.6 is 0 Å². The Morgan fingerprint density at radius 2 is 2.21 bits per heavy atom. The van der Waals surface area contributed by atoms with E-state index in [9.17, 15) is 9.59 Å². The van der Waals surface area contributed by atoms with E-state index in [2.05, 4.69) is 24.3 Å². The van der Waals surface area contributed by atoms with Crippen molar-refractivity contribution in [3.8, 4) is 0 Å². The number of carboxylic acids is 1. The van der Waals surface area contributed by atoms with Crippen molar-refractivity contribution in [1.82, 2.24) is 20.0 Å². The molecule has 1 aliphatic heterocycles. The number of carbonyl (C=O) groups is 2. The molecule has 0 aliphatic carbocycles. The Morgan fingerprint density at radius 3 is 2.83 bits per heavy atom. The van der Waals surface area contributed by atoms with Gasteiger partial charge in [-0.1, -0.05) is 13.8 Å². The van der Waals surface area contributed by atoms with Crippen LogP contribution in [0.4, 0.5) is 0 Å². The van der Waals surface area contributed by atoms with Gasteiger partial charge in [0.2, 0.25) is 0 Å². The Labute approximate surface area is 143 Å². The van der Waals surface area contributed by atoms with Gasteiger partial charge in [-0.25, -0.2) is 0 Å². The van der Waals surface area contributed by atoms with Crippen LogP contribution in [-0.4, -0.2) is 57.8 Å². The van der Waals surface area contributed by atoms with Gasteiger partial charge in [0.25, 0.3) is 5.91 Å². The molecule has 2 rings (SSSR count). The maximum absolute atomic E-state index is 13.0. The molecule has 0 unspecified atom stereocenters. The molecule has 0 aromatic carbocycles. The number of aliphatic carboxylic acids is 1. The number of amides is 1. The summed E-state index contributed by atoms with van der Waals surface area (Å²) in [5, 5.41) is 16.8. The largest absolute Gasteiger partial charge is 0.481 e. The van der Waals surface area contributed by atoms with Crippen LogP contribution in [0.15, 0.2) is 6.07 Å². The first kappa shape index (κ1) is 18.4. The first-order chi connectivity index (χ1) is 11.4. The van der Waals surface area contributed by atoms with Gasteiger partial charge in [0.15, 0.2) is 0 Å². The van der Waals surface area contributed by atoms with Gasteiger partial charge in [-0.05, 0) is 31.2 Å². The molecule has 0 bridgehead atoms. The van der Waals surface area contributed by atoms with E-state index in [0.717, 1.165) is 12.1 Å². The van der Waals surface area contributed by atoms with Gasteiger partial charge < -0.3 is 15.3 Å². The van der Waals surface area contributed by atoms with Crippen molar-refractivity contribution in [2.24, 2.45) is 11.8 Å². The van der Waals surface area contributed by atoms with Gasteiger partial charge >= 0.3 is 5.97 Å². The Kier molecular flexibility index (Phi) is 6.36. The quantitative estimate of drug-likeness (QED) is 0.816. The Hall–Kier alpha value is -1.89. The topological polar surface area (TPSA) is 87.5 Å². The normalized spacial score (nSPS) is 18.7. The standard InChI is InChI=1S/C17H28N4O3/c1-4-21-15(9-14(19-21)7-12(2)3)17(24)20-6-5-18-10-13(11-20)8-16(22)23/h9,12-13,18H,4-8,10-11H2,1-3H3,(H,22,23)/t13-/m0/s1. The summed E-state index contributed by atoms with van der Waals surface area (Å²) < 4.78 is 1.75. The zero-order chi connectivity index (χ0) is 17.7. The Bertz CT molecular complexity index is 582. The van der Waals surface area contributed by atoms with Crippen LogP contribution in [0.2, 0.25) is 0 Å². The molecule has 1 saturated heterocycles. The molecule has 0 saturated carbocycles. The highest BCUT2D eigenvalue weighted by atomic mass is 16.4. The molecular formula is C17H28N4O3. The minimum Gasteiger partial charge on any atom is -0.481 e. The highest BCUT2D eigenvalue weighted by Crippen LogP contribution is 2.15. The number of aromatic nitrogens is 2. The lowest BCUT2D eigenvalue weighted by Crippen LogP contribution is -2.37. The molecule has 2 heterocycles. The molecule has 7 heteroatoms. The second kappa shape index (κ2) is 8.28. The highest BCUT2D eigenvalue weighted by molar-refractivity contribution is 5.92. The molecule has 1 amide bonds. The molecule has 1 aromatic heterocycles. The number of nitrogens with zero attached hydrogens (tertiary/aromatic N) is 3. The van der Waals surface area contributed by atoms with Crippen LogP contribution in [0.1, 0.15) is 43.4 Å². The third-order valence-electron chi connectivity index (χ3n) is 4.19. The lowest BCUT2D eigenvalue weighted by Gasteiger charge is -2.23. The van der Waals surface area contributed by atoms with E-state index >= 15 is 0 Å². The molecule has 1 fully saturated rings. The summed E-state index contributed by atoms with van der Waals surface area (Å²) in [6, 6.07) is 1.89. The molecule has 24 heavy (non-hydrogen) atoms. The second-order valence-electron chi connectivity index (χ2n) is 6.85. The summed E-state index contributed by atoms with van der Waals surface area (Å²) in [5.74, 6) is -0.468. The highest BCUT2D eigenvalue weighted by Gasteiger charge is 2.26. The Balaban J connectivity index is 2.16. The number of rotatable bonds is 6. The number of hydrogen-bond donors (Lipinski definition) is 2. The molecule has 0 radical (unpaired) electrons. The van der Waals surface area contributed by atoms with Crippen molar-refractivity contribution in [2.75, 3.05) is 26.2 Å². The van der Waals surface area contributed by atoms with Gasteiger partial charge in [0, 0.05) is 32.7 Å². The van der Waals surface area contributed by atoms with Crippen molar-refractivity contribution < 1.29 is 14.7 Å². The molecular weight excluding hydrogens is 308 g/mol. The lowest BCUT2D eigenvalue weighted by atomic mass is 10.1. The average molecular weight is 336 g/mol. The number of carboxylic acid groups (broad SMARTS) is 1. The van der Waals surface area contributed by atoms with Gasteiger partial charge in [0.1, 0.15) is 5.69 Å².